The summed E-state index contributed by atoms with van der Waals surface area (Å²) in [6, 6.07) is 16.7. The van der Waals surface area contributed by atoms with E-state index in [1.54, 1.807) is 12.1 Å². The molecule has 2 aromatic heterocycles. The number of amides is 2. The molecule has 0 fully saturated rings. The summed E-state index contributed by atoms with van der Waals surface area (Å²) in [5, 5.41) is 6.45. The highest BCUT2D eigenvalue weighted by Gasteiger charge is 2.19. The summed E-state index contributed by atoms with van der Waals surface area (Å²) >= 11 is 1.17. The third-order valence-corrected chi connectivity index (χ3v) is 5.91. The maximum Gasteiger partial charge on any atom is 0.292 e. The van der Waals surface area contributed by atoms with Gasteiger partial charge in [-0.2, -0.15) is 0 Å². The average Bonchev–Trinajstić information content (AvgIpc) is 3.46. The van der Waals surface area contributed by atoms with Gasteiger partial charge in [0.25, 0.3) is 11.8 Å². The normalized spacial score (nSPS) is 10.6. The number of aromatic nitrogens is 1. The van der Waals surface area contributed by atoms with Crippen molar-refractivity contribution in [1.82, 2.24) is 4.98 Å². The highest BCUT2D eigenvalue weighted by Crippen LogP contribution is 2.36. The molecule has 8 heteroatoms. The van der Waals surface area contributed by atoms with Crippen LogP contribution in [0.1, 0.15) is 27.2 Å². The lowest BCUT2D eigenvalue weighted by atomic mass is 10.1. The van der Waals surface area contributed by atoms with Gasteiger partial charge < -0.3 is 14.5 Å². The molecule has 168 valence electrons. The van der Waals surface area contributed by atoms with Crippen molar-refractivity contribution >= 4 is 33.3 Å². The van der Waals surface area contributed by atoms with Gasteiger partial charge in [0, 0.05) is 5.56 Å². The van der Waals surface area contributed by atoms with Crippen molar-refractivity contribution in [1.29, 1.82) is 0 Å². The standard InChI is InChI=1S/C25H23N3O4S/c1-15-6-9-18(10-7-15)22-24(28-23(30)20-5-4-12-31-20)33-25(27-22)26-21(29)14-32-19-11-8-16(2)17(3)13-19/h4-13H,14H2,1-3H3,(H,28,30)(H,26,27,29). The van der Waals surface area contributed by atoms with Gasteiger partial charge in [0.15, 0.2) is 17.5 Å². The molecule has 2 N–H and O–H groups in total. The Morgan fingerprint density at radius 2 is 1.79 bits per heavy atom. The van der Waals surface area contributed by atoms with E-state index in [-0.39, 0.29) is 18.3 Å². The van der Waals surface area contributed by atoms with E-state index in [1.807, 2.05) is 63.2 Å². The number of furan rings is 1. The van der Waals surface area contributed by atoms with E-state index >= 15 is 0 Å². The van der Waals surface area contributed by atoms with Crippen molar-refractivity contribution in [3.8, 4) is 17.0 Å². The summed E-state index contributed by atoms with van der Waals surface area (Å²) in [4.78, 5) is 29.5. The monoisotopic (exact) mass is 461 g/mol. The van der Waals surface area contributed by atoms with Crippen molar-refractivity contribution in [2.24, 2.45) is 0 Å². The lowest BCUT2D eigenvalue weighted by Gasteiger charge is -2.07. The van der Waals surface area contributed by atoms with Gasteiger partial charge in [-0.25, -0.2) is 4.98 Å². The number of anilines is 2. The average molecular weight is 462 g/mol. The van der Waals surface area contributed by atoms with E-state index in [1.165, 1.54) is 17.6 Å². The predicted octanol–water partition coefficient (Wildman–Crippen LogP) is 5.60. The fourth-order valence-electron chi connectivity index (χ4n) is 3.05. The molecule has 0 radical (unpaired) electrons. The molecule has 0 bridgehead atoms. The van der Waals surface area contributed by atoms with E-state index < -0.39 is 5.91 Å². The van der Waals surface area contributed by atoms with Crippen LogP contribution in [-0.2, 0) is 4.79 Å². The number of nitrogens with zero attached hydrogens (tertiary/aromatic N) is 1. The maximum atomic E-state index is 12.5. The largest absolute Gasteiger partial charge is 0.484 e. The molecular formula is C25H23N3O4S. The molecule has 0 spiro atoms. The second kappa shape index (κ2) is 9.70. The summed E-state index contributed by atoms with van der Waals surface area (Å²) in [5.74, 6) is 0.0686. The van der Waals surface area contributed by atoms with Gasteiger partial charge in [0.05, 0.1) is 6.26 Å². The van der Waals surface area contributed by atoms with E-state index in [9.17, 15) is 9.59 Å². The zero-order valence-electron chi connectivity index (χ0n) is 18.5. The summed E-state index contributed by atoms with van der Waals surface area (Å²) in [6.07, 6.45) is 1.43. The van der Waals surface area contributed by atoms with Crippen molar-refractivity contribution in [3.63, 3.8) is 0 Å². The molecule has 0 saturated heterocycles. The van der Waals surface area contributed by atoms with E-state index in [0.29, 0.717) is 21.6 Å². The molecule has 0 aliphatic rings. The Morgan fingerprint density at radius 3 is 2.48 bits per heavy atom. The number of nitrogens with one attached hydrogen (secondary N) is 2. The van der Waals surface area contributed by atoms with Crippen LogP contribution in [0.3, 0.4) is 0 Å². The van der Waals surface area contributed by atoms with Crippen LogP contribution in [0.4, 0.5) is 10.1 Å². The number of benzene rings is 2. The first-order valence-electron chi connectivity index (χ1n) is 10.3. The minimum atomic E-state index is -0.395. The van der Waals surface area contributed by atoms with Crippen LogP contribution in [0.15, 0.2) is 65.3 Å². The summed E-state index contributed by atoms with van der Waals surface area (Å²) < 4.78 is 10.8. The highest BCUT2D eigenvalue weighted by molar-refractivity contribution is 7.20. The highest BCUT2D eigenvalue weighted by atomic mass is 32.1. The third kappa shape index (κ3) is 5.48. The number of carbonyl (C=O) groups excluding carboxylic acids is 2. The van der Waals surface area contributed by atoms with E-state index in [0.717, 1.165) is 22.3 Å². The molecule has 0 saturated carbocycles. The minimum Gasteiger partial charge on any atom is -0.484 e. The van der Waals surface area contributed by atoms with Gasteiger partial charge in [-0.1, -0.05) is 47.2 Å². The van der Waals surface area contributed by atoms with E-state index in [4.69, 9.17) is 9.15 Å². The number of thiazole rings is 1. The van der Waals surface area contributed by atoms with Gasteiger partial charge in [0.1, 0.15) is 16.4 Å². The van der Waals surface area contributed by atoms with Crippen LogP contribution < -0.4 is 15.4 Å². The van der Waals surface area contributed by atoms with Crippen LogP contribution in [0.5, 0.6) is 5.75 Å². The molecule has 0 aliphatic heterocycles. The topological polar surface area (TPSA) is 93.5 Å². The van der Waals surface area contributed by atoms with Gasteiger partial charge in [-0.15, -0.1) is 0 Å². The summed E-state index contributed by atoms with van der Waals surface area (Å²) in [5.41, 5.74) is 4.73. The van der Waals surface area contributed by atoms with E-state index in [2.05, 4.69) is 15.6 Å². The van der Waals surface area contributed by atoms with Crippen LogP contribution in [0.2, 0.25) is 0 Å². The number of hydrogen-bond acceptors (Lipinski definition) is 6. The Bertz CT molecular complexity index is 1280. The molecule has 4 rings (SSSR count). The number of rotatable bonds is 7. The van der Waals surface area contributed by atoms with Crippen LogP contribution in [0, 0.1) is 20.8 Å². The van der Waals surface area contributed by atoms with Gasteiger partial charge in [0.2, 0.25) is 0 Å². The fraction of sp³-hybridized carbons (Fsp3) is 0.160. The quantitative estimate of drug-likeness (QED) is 0.374. The van der Waals surface area contributed by atoms with Crippen LogP contribution >= 0.6 is 11.3 Å². The lowest BCUT2D eigenvalue weighted by molar-refractivity contribution is -0.118. The summed E-state index contributed by atoms with van der Waals surface area (Å²) in [6.45, 7) is 5.84. The smallest absolute Gasteiger partial charge is 0.292 e. The zero-order chi connectivity index (χ0) is 23.4. The van der Waals surface area contributed by atoms with Gasteiger partial charge >= 0.3 is 0 Å². The van der Waals surface area contributed by atoms with Crippen molar-refractivity contribution in [2.45, 2.75) is 20.8 Å². The predicted molar refractivity (Wildman–Crippen MR) is 129 cm³/mol. The molecule has 2 amide bonds. The fourth-order valence-corrected chi connectivity index (χ4v) is 3.94. The van der Waals surface area contributed by atoms with Crippen molar-refractivity contribution in [2.75, 3.05) is 17.2 Å². The minimum absolute atomic E-state index is 0.157. The van der Waals surface area contributed by atoms with Gasteiger partial charge in [-0.05, 0) is 56.2 Å². The second-order valence-corrected chi connectivity index (χ2v) is 8.58. The first-order chi connectivity index (χ1) is 15.9. The summed E-state index contributed by atoms with van der Waals surface area (Å²) in [7, 11) is 0. The molecule has 7 nitrogen and oxygen atoms in total. The van der Waals surface area contributed by atoms with Crippen LogP contribution in [-0.4, -0.2) is 23.4 Å². The Labute approximate surface area is 195 Å². The molecular weight excluding hydrogens is 438 g/mol. The maximum absolute atomic E-state index is 12.5. The first-order valence-corrected chi connectivity index (χ1v) is 11.1. The lowest BCUT2D eigenvalue weighted by Crippen LogP contribution is -2.20. The number of hydrogen-bond donors (Lipinski definition) is 2. The molecule has 33 heavy (non-hydrogen) atoms. The second-order valence-electron chi connectivity index (χ2n) is 7.58. The van der Waals surface area contributed by atoms with Crippen LogP contribution in [0.25, 0.3) is 11.3 Å². The molecule has 0 unspecified atom stereocenters. The Kier molecular flexibility index (Phi) is 6.55. The first kappa shape index (κ1) is 22.3. The molecule has 2 aromatic carbocycles. The zero-order valence-corrected chi connectivity index (χ0v) is 19.3. The van der Waals surface area contributed by atoms with Crippen molar-refractivity contribution in [3.05, 3.63) is 83.3 Å². The molecule has 0 atom stereocenters. The molecule has 2 heterocycles. The Hall–Kier alpha value is -3.91. The molecule has 0 aliphatic carbocycles. The number of aryl methyl sites for hydroxylation is 3. The number of ether oxygens (including phenoxy) is 1. The molecule has 4 aromatic rings. The third-order valence-electron chi connectivity index (χ3n) is 5.02. The Balaban J connectivity index is 1.51. The Morgan fingerprint density at radius 1 is 1.00 bits per heavy atom. The van der Waals surface area contributed by atoms with Gasteiger partial charge in [-0.3, -0.25) is 14.9 Å². The SMILES string of the molecule is Cc1ccc(-c2nc(NC(=O)COc3ccc(C)c(C)c3)sc2NC(=O)c2ccco2)cc1. The number of carbonyl (C=O) groups is 2. The van der Waals surface area contributed by atoms with Crippen molar-refractivity contribution < 1.29 is 18.7 Å².